The van der Waals surface area contributed by atoms with Gasteiger partial charge in [-0.15, -0.1) is 0 Å². The summed E-state index contributed by atoms with van der Waals surface area (Å²) in [5, 5.41) is 0. The third-order valence-corrected chi connectivity index (χ3v) is 3.95. The van der Waals surface area contributed by atoms with Crippen LogP contribution in [0.5, 0.6) is 0 Å². The molecule has 3 nitrogen and oxygen atoms in total. The summed E-state index contributed by atoms with van der Waals surface area (Å²) in [6, 6.07) is 4.00. The highest BCUT2D eigenvalue weighted by molar-refractivity contribution is 5.89. The highest BCUT2D eigenvalue weighted by atomic mass is 16.5. The SMILES string of the molecule is CCc1ccc(CC(=O)C2(OC)CCCC2)nc1. The molecule has 0 atom stereocenters. The molecule has 1 aliphatic rings. The number of Topliss-reactive ketones (excluding diaryl/α,β-unsaturated/α-hetero) is 1. The molecule has 98 valence electrons. The van der Waals surface area contributed by atoms with Crippen molar-refractivity contribution >= 4 is 5.78 Å². The normalized spacial score (nSPS) is 17.9. The van der Waals surface area contributed by atoms with Crippen LogP contribution in [0.25, 0.3) is 0 Å². The molecule has 0 aromatic carbocycles. The number of pyridine rings is 1. The zero-order valence-electron chi connectivity index (χ0n) is 11.2. The molecule has 2 rings (SSSR count). The second kappa shape index (κ2) is 5.61. The van der Waals surface area contributed by atoms with Crippen LogP contribution in [-0.4, -0.2) is 23.5 Å². The van der Waals surface area contributed by atoms with E-state index in [0.717, 1.165) is 37.8 Å². The number of methoxy groups -OCH3 is 1. The summed E-state index contributed by atoms with van der Waals surface area (Å²) in [5.41, 5.74) is 1.51. The van der Waals surface area contributed by atoms with E-state index in [9.17, 15) is 4.79 Å². The van der Waals surface area contributed by atoms with Crippen molar-refractivity contribution in [3.63, 3.8) is 0 Å². The fourth-order valence-corrected chi connectivity index (χ4v) is 2.64. The number of rotatable bonds is 5. The van der Waals surface area contributed by atoms with Gasteiger partial charge in [0.25, 0.3) is 0 Å². The van der Waals surface area contributed by atoms with Crippen molar-refractivity contribution in [3.8, 4) is 0 Å². The minimum absolute atomic E-state index is 0.180. The lowest BCUT2D eigenvalue weighted by Crippen LogP contribution is -2.39. The van der Waals surface area contributed by atoms with E-state index in [4.69, 9.17) is 4.74 Å². The summed E-state index contributed by atoms with van der Waals surface area (Å²) in [6.45, 7) is 2.10. The maximum Gasteiger partial charge on any atom is 0.170 e. The van der Waals surface area contributed by atoms with Crippen LogP contribution in [0, 0.1) is 0 Å². The van der Waals surface area contributed by atoms with Gasteiger partial charge in [0.1, 0.15) is 5.60 Å². The van der Waals surface area contributed by atoms with Crippen molar-refractivity contribution in [2.75, 3.05) is 7.11 Å². The lowest BCUT2D eigenvalue weighted by molar-refractivity contribution is -0.139. The van der Waals surface area contributed by atoms with Crippen molar-refractivity contribution in [2.24, 2.45) is 0 Å². The molecule has 0 radical (unpaired) electrons. The van der Waals surface area contributed by atoms with Crippen molar-refractivity contribution < 1.29 is 9.53 Å². The van der Waals surface area contributed by atoms with Gasteiger partial charge < -0.3 is 4.74 Å². The smallest absolute Gasteiger partial charge is 0.170 e. The van der Waals surface area contributed by atoms with Crippen molar-refractivity contribution in [1.82, 2.24) is 4.98 Å². The highest BCUT2D eigenvalue weighted by Gasteiger charge is 2.40. The number of ketones is 1. The lowest BCUT2D eigenvalue weighted by Gasteiger charge is -2.25. The molecule has 1 saturated carbocycles. The largest absolute Gasteiger partial charge is 0.370 e. The zero-order chi connectivity index (χ0) is 13.0. The van der Waals surface area contributed by atoms with Gasteiger partial charge in [-0.2, -0.15) is 0 Å². The van der Waals surface area contributed by atoms with Gasteiger partial charge in [0, 0.05) is 19.0 Å². The van der Waals surface area contributed by atoms with Gasteiger partial charge in [0.05, 0.1) is 6.42 Å². The first-order valence-electron chi connectivity index (χ1n) is 6.72. The predicted octanol–water partition coefficient (Wildman–Crippen LogP) is 2.71. The van der Waals surface area contributed by atoms with Gasteiger partial charge in [0.15, 0.2) is 5.78 Å². The van der Waals surface area contributed by atoms with Gasteiger partial charge in [-0.25, -0.2) is 0 Å². The first-order valence-corrected chi connectivity index (χ1v) is 6.72. The minimum Gasteiger partial charge on any atom is -0.370 e. The van der Waals surface area contributed by atoms with Crippen LogP contribution in [0.4, 0.5) is 0 Å². The van der Waals surface area contributed by atoms with E-state index in [1.54, 1.807) is 7.11 Å². The van der Waals surface area contributed by atoms with Crippen LogP contribution < -0.4 is 0 Å². The van der Waals surface area contributed by atoms with Crippen LogP contribution in [0.3, 0.4) is 0 Å². The van der Waals surface area contributed by atoms with Gasteiger partial charge in [-0.1, -0.05) is 13.0 Å². The van der Waals surface area contributed by atoms with Gasteiger partial charge in [-0.3, -0.25) is 9.78 Å². The van der Waals surface area contributed by atoms with E-state index in [0.29, 0.717) is 6.42 Å². The molecule has 3 heteroatoms. The first-order chi connectivity index (χ1) is 8.70. The first kappa shape index (κ1) is 13.2. The number of ether oxygens (including phenoxy) is 1. The average molecular weight is 247 g/mol. The molecule has 1 fully saturated rings. The van der Waals surface area contributed by atoms with Crippen molar-refractivity contribution in [1.29, 1.82) is 0 Å². The Morgan fingerprint density at radius 1 is 1.39 bits per heavy atom. The molecule has 18 heavy (non-hydrogen) atoms. The van der Waals surface area contributed by atoms with Crippen LogP contribution in [0.1, 0.15) is 43.9 Å². The number of hydrogen-bond acceptors (Lipinski definition) is 3. The number of carbonyl (C=O) groups excluding carboxylic acids is 1. The summed E-state index contributed by atoms with van der Waals surface area (Å²) in [6.07, 6.45) is 7.10. The van der Waals surface area contributed by atoms with Gasteiger partial charge >= 0.3 is 0 Å². The van der Waals surface area contributed by atoms with Crippen LogP contribution in [0.15, 0.2) is 18.3 Å². The maximum atomic E-state index is 12.4. The quantitative estimate of drug-likeness (QED) is 0.803. The molecule has 0 unspecified atom stereocenters. The minimum atomic E-state index is -0.537. The number of aromatic nitrogens is 1. The highest BCUT2D eigenvalue weighted by Crippen LogP contribution is 2.34. The van der Waals surface area contributed by atoms with E-state index < -0.39 is 5.60 Å². The monoisotopic (exact) mass is 247 g/mol. The number of aryl methyl sites for hydroxylation is 1. The predicted molar refractivity (Wildman–Crippen MR) is 70.5 cm³/mol. The fourth-order valence-electron chi connectivity index (χ4n) is 2.64. The molecular weight excluding hydrogens is 226 g/mol. The number of hydrogen-bond donors (Lipinski definition) is 0. The summed E-state index contributed by atoms with van der Waals surface area (Å²) in [5.74, 6) is 0.180. The number of nitrogens with zero attached hydrogens (tertiary/aromatic N) is 1. The Hall–Kier alpha value is -1.22. The molecule has 0 amide bonds. The second-order valence-corrected chi connectivity index (χ2v) is 5.02. The molecule has 0 bridgehead atoms. The Balaban J connectivity index is 2.05. The van der Waals surface area contributed by atoms with E-state index >= 15 is 0 Å². The van der Waals surface area contributed by atoms with Crippen molar-refractivity contribution in [2.45, 2.75) is 51.0 Å². The fraction of sp³-hybridized carbons (Fsp3) is 0.600. The second-order valence-electron chi connectivity index (χ2n) is 5.02. The Morgan fingerprint density at radius 2 is 2.11 bits per heavy atom. The van der Waals surface area contributed by atoms with E-state index in [2.05, 4.69) is 11.9 Å². The zero-order valence-corrected chi connectivity index (χ0v) is 11.2. The number of carbonyl (C=O) groups is 1. The van der Waals surface area contributed by atoms with Crippen LogP contribution in [-0.2, 0) is 22.4 Å². The molecule has 0 spiro atoms. The van der Waals surface area contributed by atoms with E-state index in [1.165, 1.54) is 5.56 Å². The van der Waals surface area contributed by atoms with Crippen LogP contribution in [0.2, 0.25) is 0 Å². The molecule has 1 aliphatic carbocycles. The Kier molecular flexibility index (Phi) is 4.12. The summed E-state index contributed by atoms with van der Waals surface area (Å²) in [4.78, 5) is 16.7. The summed E-state index contributed by atoms with van der Waals surface area (Å²) < 4.78 is 5.50. The molecule has 0 saturated heterocycles. The Labute approximate surface area is 109 Å². The molecule has 1 heterocycles. The molecule has 1 aromatic rings. The molecule has 0 N–H and O–H groups in total. The average Bonchev–Trinajstić information content (AvgIpc) is 2.89. The van der Waals surface area contributed by atoms with Gasteiger partial charge in [-0.05, 0) is 43.7 Å². The Bertz CT molecular complexity index is 405. The lowest BCUT2D eigenvalue weighted by atomic mass is 9.93. The van der Waals surface area contributed by atoms with E-state index in [-0.39, 0.29) is 5.78 Å². The maximum absolute atomic E-state index is 12.4. The molecular formula is C15H21NO2. The molecule has 0 aliphatic heterocycles. The molecule has 1 aromatic heterocycles. The van der Waals surface area contributed by atoms with E-state index in [1.807, 2.05) is 18.3 Å². The third-order valence-electron chi connectivity index (χ3n) is 3.95. The summed E-state index contributed by atoms with van der Waals surface area (Å²) in [7, 11) is 1.65. The standard InChI is InChI=1S/C15H21NO2/c1-3-12-6-7-13(16-11-12)10-14(17)15(18-2)8-4-5-9-15/h6-7,11H,3-5,8-10H2,1-2H3. The third kappa shape index (κ3) is 2.61. The Morgan fingerprint density at radius 3 is 2.61 bits per heavy atom. The topological polar surface area (TPSA) is 39.2 Å². The van der Waals surface area contributed by atoms with Crippen molar-refractivity contribution in [3.05, 3.63) is 29.6 Å². The van der Waals surface area contributed by atoms with Crippen LogP contribution >= 0.6 is 0 Å². The van der Waals surface area contributed by atoms with Gasteiger partial charge in [0.2, 0.25) is 0 Å². The summed E-state index contributed by atoms with van der Waals surface area (Å²) >= 11 is 0.